The van der Waals surface area contributed by atoms with E-state index in [1.807, 2.05) is 42.5 Å². The van der Waals surface area contributed by atoms with E-state index in [1.54, 1.807) is 35.9 Å². The Morgan fingerprint density at radius 3 is 2.38 bits per heavy atom. The lowest BCUT2D eigenvalue weighted by molar-refractivity contribution is 0.152. The van der Waals surface area contributed by atoms with Gasteiger partial charge in [-0.1, -0.05) is 57.5 Å². The van der Waals surface area contributed by atoms with Crippen LogP contribution < -0.4 is 0 Å². The van der Waals surface area contributed by atoms with Crippen molar-refractivity contribution < 1.29 is 13.5 Å². The van der Waals surface area contributed by atoms with Crippen molar-refractivity contribution in [2.75, 3.05) is 25.6 Å². The number of thioether (sulfide) groups is 2. The molecule has 3 heterocycles. The topological polar surface area (TPSA) is 88.3 Å². The maximum atomic E-state index is 13.3. The van der Waals surface area contributed by atoms with E-state index < -0.39 is 20.4 Å². The fraction of sp³-hybridized carbons (Fsp3) is 0.481. The van der Waals surface area contributed by atoms with E-state index in [9.17, 15) is 13.5 Å². The average molecular weight is 561 g/mol. The molecule has 1 aliphatic heterocycles. The lowest BCUT2D eigenvalue weighted by atomic mass is 9.85. The third-order valence-corrected chi connectivity index (χ3v) is 12.0. The van der Waals surface area contributed by atoms with E-state index in [0.29, 0.717) is 12.1 Å². The molecule has 4 rings (SSSR count). The van der Waals surface area contributed by atoms with E-state index in [4.69, 9.17) is 4.98 Å². The summed E-state index contributed by atoms with van der Waals surface area (Å²) >= 11 is 3.32. The Kier molecular flexibility index (Phi) is 8.45. The molecular formula is C27H36N4O3S3. The first-order valence-electron chi connectivity index (χ1n) is 12.5. The molecule has 10 heteroatoms. The Morgan fingerprint density at radius 2 is 1.81 bits per heavy atom. The Balaban J connectivity index is 1.80. The van der Waals surface area contributed by atoms with Gasteiger partial charge in [0, 0.05) is 32.1 Å². The minimum absolute atomic E-state index is 0.0450. The molecule has 1 N–H and O–H groups in total. The van der Waals surface area contributed by atoms with Crippen LogP contribution in [-0.4, -0.2) is 57.4 Å². The van der Waals surface area contributed by atoms with Crippen molar-refractivity contribution in [1.82, 2.24) is 18.2 Å². The quantitative estimate of drug-likeness (QED) is 0.378. The molecule has 0 amide bonds. The number of hydrogen-bond acceptors (Lipinski definition) is 7. The Labute approximate surface area is 229 Å². The van der Waals surface area contributed by atoms with Crippen LogP contribution in [-0.2, 0) is 20.7 Å². The molecule has 1 unspecified atom stereocenters. The summed E-state index contributed by atoms with van der Waals surface area (Å²) in [6.45, 7) is 6.39. The van der Waals surface area contributed by atoms with Crippen molar-refractivity contribution in [3.63, 3.8) is 0 Å². The number of imidazole rings is 1. The molecule has 0 spiro atoms. The third kappa shape index (κ3) is 5.78. The highest BCUT2D eigenvalue weighted by atomic mass is 32.2. The van der Waals surface area contributed by atoms with E-state index in [-0.39, 0.29) is 11.2 Å². The van der Waals surface area contributed by atoms with Gasteiger partial charge in [-0.25, -0.2) is 8.96 Å². The standard InChI is InChI=1S/C27H36N4O3S3/c1-6-26(2,3)18-22-19-31(37(33,34)30(4)5)25(29-22)24(32)27(35-16-9-17-36-27)21-13-11-20(12-14-21)23-10-7-8-15-28-23/h7-8,10-15,19,24,32H,6,9,16-18H2,1-5H3. The van der Waals surface area contributed by atoms with Gasteiger partial charge < -0.3 is 5.11 Å². The van der Waals surface area contributed by atoms with Gasteiger partial charge in [-0.2, -0.15) is 12.7 Å². The molecule has 0 bridgehead atoms. The lowest BCUT2D eigenvalue weighted by Crippen LogP contribution is -2.35. The average Bonchev–Trinajstić information content (AvgIpc) is 3.33. The monoisotopic (exact) mass is 560 g/mol. The SMILES string of the molecule is CCC(C)(C)Cc1cn(S(=O)(=O)N(C)C)c(C(O)C2(c3ccc(-c4ccccn4)cc3)SCCCS2)n1. The fourth-order valence-corrected chi connectivity index (χ4v) is 8.59. The maximum absolute atomic E-state index is 13.3. The van der Waals surface area contributed by atoms with Crippen molar-refractivity contribution in [2.45, 2.75) is 50.2 Å². The molecular weight excluding hydrogens is 525 g/mol. The van der Waals surface area contributed by atoms with Crippen LogP contribution in [0, 0.1) is 5.41 Å². The summed E-state index contributed by atoms with van der Waals surface area (Å²) in [5, 5.41) is 12.0. The van der Waals surface area contributed by atoms with E-state index >= 15 is 0 Å². The van der Waals surface area contributed by atoms with Gasteiger partial charge in [0.25, 0.3) is 0 Å². The molecule has 0 aliphatic carbocycles. The van der Waals surface area contributed by atoms with Gasteiger partial charge in [0.05, 0.1) is 11.4 Å². The van der Waals surface area contributed by atoms with E-state index in [0.717, 1.165) is 45.5 Å². The smallest absolute Gasteiger partial charge is 0.308 e. The molecule has 1 saturated heterocycles. The minimum Gasteiger partial charge on any atom is -0.382 e. The highest BCUT2D eigenvalue weighted by Gasteiger charge is 2.46. The zero-order valence-corrected chi connectivity index (χ0v) is 24.5. The molecule has 200 valence electrons. The second-order valence-corrected chi connectivity index (χ2v) is 15.2. The van der Waals surface area contributed by atoms with Crippen molar-refractivity contribution >= 4 is 33.7 Å². The third-order valence-electron chi connectivity index (χ3n) is 6.85. The van der Waals surface area contributed by atoms with Gasteiger partial charge in [-0.15, -0.1) is 23.5 Å². The zero-order valence-electron chi connectivity index (χ0n) is 22.1. The number of rotatable bonds is 9. The number of aliphatic hydroxyl groups excluding tert-OH is 1. The van der Waals surface area contributed by atoms with Gasteiger partial charge in [-0.05, 0) is 47.5 Å². The van der Waals surface area contributed by atoms with Crippen LogP contribution in [0.3, 0.4) is 0 Å². The normalized spacial score (nSPS) is 17.2. The molecule has 7 nitrogen and oxygen atoms in total. The van der Waals surface area contributed by atoms with Gasteiger partial charge >= 0.3 is 10.2 Å². The lowest BCUT2D eigenvalue weighted by Gasteiger charge is -2.40. The van der Waals surface area contributed by atoms with Crippen molar-refractivity contribution in [2.24, 2.45) is 5.41 Å². The number of nitrogens with zero attached hydrogens (tertiary/aromatic N) is 4. The number of aliphatic hydroxyl groups is 1. The van der Waals surface area contributed by atoms with E-state index in [2.05, 4.69) is 25.8 Å². The summed E-state index contributed by atoms with van der Waals surface area (Å²) in [4.78, 5) is 9.21. The van der Waals surface area contributed by atoms with Crippen LogP contribution in [0.25, 0.3) is 11.3 Å². The fourth-order valence-electron chi connectivity index (χ4n) is 4.28. The first-order valence-corrected chi connectivity index (χ1v) is 15.9. The largest absolute Gasteiger partial charge is 0.382 e. The van der Waals surface area contributed by atoms with Crippen LogP contribution in [0.4, 0.5) is 0 Å². The summed E-state index contributed by atoms with van der Waals surface area (Å²) < 4.78 is 28.2. The molecule has 0 radical (unpaired) electrons. The van der Waals surface area contributed by atoms with Crippen LogP contribution in [0.2, 0.25) is 0 Å². The van der Waals surface area contributed by atoms with Gasteiger partial charge in [0.1, 0.15) is 10.2 Å². The zero-order chi connectivity index (χ0) is 26.8. The van der Waals surface area contributed by atoms with Gasteiger partial charge in [-0.3, -0.25) is 4.98 Å². The second-order valence-electron chi connectivity index (χ2n) is 10.3. The molecule has 3 aromatic rings. The Bertz CT molecular complexity index is 1300. The summed E-state index contributed by atoms with van der Waals surface area (Å²) in [6, 6.07) is 13.9. The molecule has 1 atom stereocenters. The van der Waals surface area contributed by atoms with E-state index in [1.165, 1.54) is 18.1 Å². The molecule has 1 aromatic carbocycles. The molecule has 0 saturated carbocycles. The molecule has 37 heavy (non-hydrogen) atoms. The highest BCUT2D eigenvalue weighted by Crippen LogP contribution is 2.57. The van der Waals surface area contributed by atoms with Crippen molar-refractivity contribution in [1.29, 1.82) is 0 Å². The summed E-state index contributed by atoms with van der Waals surface area (Å²) in [5.41, 5.74) is 3.42. The number of hydrogen-bond donors (Lipinski definition) is 1. The summed E-state index contributed by atoms with van der Waals surface area (Å²) in [5.74, 6) is 1.89. The molecule has 1 aliphatic rings. The second kappa shape index (κ2) is 11.1. The van der Waals surface area contributed by atoms with Crippen LogP contribution in [0.1, 0.15) is 56.8 Å². The van der Waals surface area contributed by atoms with Gasteiger partial charge in [0.2, 0.25) is 0 Å². The summed E-state index contributed by atoms with van der Waals surface area (Å²) in [6.07, 6.45) is 4.78. The Hall–Kier alpha value is -1.85. The first kappa shape index (κ1) is 28.2. The molecule has 2 aromatic heterocycles. The van der Waals surface area contributed by atoms with Crippen molar-refractivity contribution in [3.05, 3.63) is 71.9 Å². The summed E-state index contributed by atoms with van der Waals surface area (Å²) in [7, 11) is -0.889. The maximum Gasteiger partial charge on any atom is 0.308 e. The van der Waals surface area contributed by atoms with Crippen LogP contribution in [0.15, 0.2) is 54.9 Å². The minimum atomic E-state index is -3.88. The van der Waals surface area contributed by atoms with Crippen LogP contribution in [0.5, 0.6) is 0 Å². The highest BCUT2D eigenvalue weighted by molar-refractivity contribution is 8.18. The van der Waals surface area contributed by atoms with Crippen LogP contribution >= 0.6 is 23.5 Å². The number of aromatic nitrogens is 3. The number of benzene rings is 1. The first-order chi connectivity index (χ1) is 17.5. The molecule has 1 fully saturated rings. The van der Waals surface area contributed by atoms with Crippen molar-refractivity contribution in [3.8, 4) is 11.3 Å². The predicted octanol–water partition coefficient (Wildman–Crippen LogP) is 5.33. The number of pyridine rings is 1. The predicted molar refractivity (Wildman–Crippen MR) is 154 cm³/mol. The van der Waals surface area contributed by atoms with Gasteiger partial charge in [0.15, 0.2) is 5.82 Å². The Morgan fingerprint density at radius 1 is 1.14 bits per heavy atom.